The van der Waals surface area contributed by atoms with Crippen LogP contribution < -0.4 is 10.5 Å². The number of nitrogens with one attached hydrogen (secondary N) is 1. The number of nitrogens with zero attached hydrogens (tertiary/aromatic N) is 1. The third-order valence-electron chi connectivity index (χ3n) is 3.65. The quantitative estimate of drug-likeness (QED) is 0.858. The molecule has 1 heterocycles. The van der Waals surface area contributed by atoms with Crippen LogP contribution in [-0.4, -0.2) is 25.8 Å². The largest absolute Gasteiger partial charge is 0.326 e. The zero-order valence-corrected chi connectivity index (χ0v) is 12.7. The Labute approximate surface area is 121 Å². The van der Waals surface area contributed by atoms with Crippen LogP contribution in [0.15, 0.2) is 24.3 Å². The number of benzene rings is 1. The molecule has 0 bridgehead atoms. The summed E-state index contributed by atoms with van der Waals surface area (Å²) in [7, 11) is -3.38. The number of piperidine rings is 1. The van der Waals surface area contributed by atoms with Crippen molar-refractivity contribution in [1.29, 1.82) is 0 Å². The molecule has 1 aromatic carbocycles. The van der Waals surface area contributed by atoms with Gasteiger partial charge in [-0.15, -0.1) is 0 Å². The van der Waals surface area contributed by atoms with Crippen LogP contribution in [0.25, 0.3) is 0 Å². The van der Waals surface area contributed by atoms with Crippen LogP contribution in [0.5, 0.6) is 0 Å². The first-order valence-corrected chi connectivity index (χ1v) is 8.48. The monoisotopic (exact) mass is 297 g/mol. The van der Waals surface area contributed by atoms with Gasteiger partial charge < -0.3 is 5.73 Å². The molecule has 0 aromatic heterocycles. The molecule has 1 aliphatic heterocycles. The summed E-state index contributed by atoms with van der Waals surface area (Å²) in [5.74, 6) is 0.431. The first-order chi connectivity index (χ1) is 9.51. The van der Waals surface area contributed by atoms with E-state index in [1.54, 1.807) is 4.31 Å². The Morgan fingerprint density at radius 2 is 2.15 bits per heavy atom. The first kappa shape index (κ1) is 15.4. The lowest BCUT2D eigenvalue weighted by atomic mass is 10.0. The van der Waals surface area contributed by atoms with Crippen LogP contribution >= 0.6 is 0 Å². The molecule has 20 heavy (non-hydrogen) atoms. The molecule has 1 saturated heterocycles. The van der Waals surface area contributed by atoms with E-state index in [0.717, 1.165) is 24.0 Å². The van der Waals surface area contributed by atoms with Crippen LogP contribution in [0.4, 0.5) is 0 Å². The fourth-order valence-corrected chi connectivity index (χ4v) is 3.85. The van der Waals surface area contributed by atoms with E-state index in [4.69, 9.17) is 5.73 Å². The van der Waals surface area contributed by atoms with E-state index in [1.807, 2.05) is 24.3 Å². The van der Waals surface area contributed by atoms with E-state index in [9.17, 15) is 8.42 Å². The molecule has 6 heteroatoms. The van der Waals surface area contributed by atoms with Crippen LogP contribution in [0.3, 0.4) is 0 Å². The van der Waals surface area contributed by atoms with Crippen LogP contribution in [0, 0.1) is 5.92 Å². The summed E-state index contributed by atoms with van der Waals surface area (Å²) in [6.07, 6.45) is 2.04. The number of hydrogen-bond donors (Lipinski definition) is 2. The van der Waals surface area contributed by atoms with Gasteiger partial charge in [-0.25, -0.2) is 0 Å². The van der Waals surface area contributed by atoms with Gasteiger partial charge in [-0.1, -0.05) is 31.2 Å². The van der Waals surface area contributed by atoms with Gasteiger partial charge in [-0.2, -0.15) is 17.4 Å². The predicted octanol–water partition coefficient (Wildman–Crippen LogP) is 1.21. The topological polar surface area (TPSA) is 75.4 Å². The summed E-state index contributed by atoms with van der Waals surface area (Å²) >= 11 is 0. The fraction of sp³-hybridized carbons (Fsp3) is 0.571. The standard InChI is InChI=1S/C14H23N3O2S/c1-12-4-3-7-17(11-12)20(18,19)16-10-14-6-2-5-13(8-14)9-15/h2,5-6,8,12,16H,3-4,7,9-11,15H2,1H3. The van der Waals surface area contributed by atoms with E-state index in [2.05, 4.69) is 11.6 Å². The summed E-state index contributed by atoms with van der Waals surface area (Å²) in [5, 5.41) is 0. The molecule has 1 aromatic rings. The molecule has 2 rings (SSSR count). The highest BCUT2D eigenvalue weighted by molar-refractivity contribution is 7.87. The van der Waals surface area contributed by atoms with Crippen molar-refractivity contribution in [3.63, 3.8) is 0 Å². The molecule has 1 atom stereocenters. The van der Waals surface area contributed by atoms with Crippen molar-refractivity contribution in [2.24, 2.45) is 11.7 Å². The summed E-state index contributed by atoms with van der Waals surface area (Å²) in [6.45, 7) is 4.08. The number of rotatable bonds is 5. The molecular weight excluding hydrogens is 274 g/mol. The lowest BCUT2D eigenvalue weighted by Gasteiger charge is -2.30. The lowest BCUT2D eigenvalue weighted by Crippen LogP contribution is -2.45. The van der Waals surface area contributed by atoms with E-state index in [0.29, 0.717) is 32.1 Å². The Morgan fingerprint density at radius 1 is 1.40 bits per heavy atom. The Bertz CT molecular complexity index is 545. The van der Waals surface area contributed by atoms with Crippen molar-refractivity contribution >= 4 is 10.2 Å². The second-order valence-corrected chi connectivity index (χ2v) is 7.21. The van der Waals surface area contributed by atoms with E-state index in [1.165, 1.54) is 0 Å². The summed E-state index contributed by atoms with van der Waals surface area (Å²) < 4.78 is 28.7. The van der Waals surface area contributed by atoms with Crippen molar-refractivity contribution in [2.75, 3.05) is 13.1 Å². The summed E-state index contributed by atoms with van der Waals surface area (Å²) in [4.78, 5) is 0. The normalized spacial score (nSPS) is 21.0. The first-order valence-electron chi connectivity index (χ1n) is 7.04. The maximum absolute atomic E-state index is 12.2. The zero-order valence-electron chi connectivity index (χ0n) is 11.9. The highest BCUT2D eigenvalue weighted by Crippen LogP contribution is 2.17. The van der Waals surface area contributed by atoms with Gasteiger partial charge in [0.15, 0.2) is 0 Å². The molecule has 0 saturated carbocycles. The maximum Gasteiger partial charge on any atom is 0.279 e. The van der Waals surface area contributed by atoms with Crippen LogP contribution in [0.2, 0.25) is 0 Å². The van der Waals surface area contributed by atoms with Crippen molar-refractivity contribution in [3.05, 3.63) is 35.4 Å². The SMILES string of the molecule is CC1CCCN(S(=O)(=O)NCc2cccc(CN)c2)C1. The smallest absolute Gasteiger partial charge is 0.279 e. The molecule has 1 fully saturated rings. The highest BCUT2D eigenvalue weighted by atomic mass is 32.2. The fourth-order valence-electron chi connectivity index (χ4n) is 2.50. The predicted molar refractivity (Wildman–Crippen MR) is 80.1 cm³/mol. The van der Waals surface area contributed by atoms with Crippen molar-refractivity contribution in [3.8, 4) is 0 Å². The summed E-state index contributed by atoms with van der Waals surface area (Å²) in [6, 6.07) is 7.67. The molecule has 0 aliphatic carbocycles. The average molecular weight is 297 g/mol. The minimum absolute atomic E-state index is 0.307. The van der Waals surface area contributed by atoms with Crippen molar-refractivity contribution < 1.29 is 8.42 Å². The molecule has 0 spiro atoms. The van der Waals surface area contributed by atoms with Gasteiger partial charge in [0, 0.05) is 26.2 Å². The second-order valence-electron chi connectivity index (χ2n) is 5.46. The molecule has 0 radical (unpaired) electrons. The van der Waals surface area contributed by atoms with Crippen LogP contribution in [0.1, 0.15) is 30.9 Å². The van der Waals surface area contributed by atoms with E-state index >= 15 is 0 Å². The third kappa shape index (κ3) is 4.02. The van der Waals surface area contributed by atoms with Gasteiger partial charge in [0.1, 0.15) is 0 Å². The third-order valence-corrected chi connectivity index (χ3v) is 5.17. The summed E-state index contributed by atoms with van der Waals surface area (Å²) in [5.41, 5.74) is 7.53. The van der Waals surface area contributed by atoms with Gasteiger partial charge in [0.2, 0.25) is 0 Å². The molecule has 1 unspecified atom stereocenters. The van der Waals surface area contributed by atoms with Crippen molar-refractivity contribution in [1.82, 2.24) is 9.03 Å². The highest BCUT2D eigenvalue weighted by Gasteiger charge is 2.26. The van der Waals surface area contributed by atoms with Gasteiger partial charge in [0.05, 0.1) is 0 Å². The number of hydrogen-bond acceptors (Lipinski definition) is 3. The molecule has 5 nitrogen and oxygen atoms in total. The van der Waals surface area contributed by atoms with E-state index < -0.39 is 10.2 Å². The van der Waals surface area contributed by atoms with Gasteiger partial charge >= 0.3 is 0 Å². The molecule has 1 aliphatic rings. The minimum atomic E-state index is -3.38. The Kier molecular flexibility index (Phi) is 5.15. The van der Waals surface area contributed by atoms with E-state index in [-0.39, 0.29) is 0 Å². The van der Waals surface area contributed by atoms with Gasteiger partial charge in [-0.3, -0.25) is 0 Å². The minimum Gasteiger partial charge on any atom is -0.326 e. The molecule has 112 valence electrons. The molecular formula is C14H23N3O2S. The second kappa shape index (κ2) is 6.67. The Hall–Kier alpha value is -0.950. The lowest BCUT2D eigenvalue weighted by molar-refractivity contribution is 0.278. The van der Waals surface area contributed by atoms with Gasteiger partial charge in [0.25, 0.3) is 10.2 Å². The van der Waals surface area contributed by atoms with Crippen LogP contribution in [-0.2, 0) is 23.3 Å². The Morgan fingerprint density at radius 3 is 2.85 bits per heavy atom. The van der Waals surface area contributed by atoms with Gasteiger partial charge in [-0.05, 0) is 29.9 Å². The molecule has 0 amide bonds. The number of nitrogens with two attached hydrogens (primary N) is 1. The zero-order chi connectivity index (χ0) is 14.6. The average Bonchev–Trinajstić information content (AvgIpc) is 2.45. The Balaban J connectivity index is 1.97. The molecule has 3 N–H and O–H groups in total. The van der Waals surface area contributed by atoms with Crippen molar-refractivity contribution in [2.45, 2.75) is 32.9 Å². The maximum atomic E-state index is 12.2.